The third-order valence-electron chi connectivity index (χ3n) is 5.16. The molecule has 0 bridgehead atoms. The van der Waals surface area contributed by atoms with Crippen LogP contribution >= 0.6 is 0 Å². The number of carbonyl (C=O) groups excluding carboxylic acids is 2. The molecule has 25 heavy (non-hydrogen) atoms. The lowest BCUT2D eigenvalue weighted by molar-refractivity contribution is -0.138. The minimum absolute atomic E-state index is 0.0833. The van der Waals surface area contributed by atoms with Gasteiger partial charge >= 0.3 is 0 Å². The fourth-order valence-corrected chi connectivity index (χ4v) is 3.63. The van der Waals surface area contributed by atoms with Crippen molar-refractivity contribution in [2.24, 2.45) is 5.92 Å². The second-order valence-electron chi connectivity index (χ2n) is 6.99. The first-order valence-corrected chi connectivity index (χ1v) is 9.40. The standard InChI is InChI=1S/C19H28N4O2/c24-18-7-6-16(19(25)21-10-14-22-11-3-4-12-22)15-23(18)13-8-17-5-1-2-9-20-17/h1-2,5,9,16H,3-4,6-8,10-15H2,(H,21,25). The van der Waals surface area contributed by atoms with Gasteiger partial charge in [0, 0.05) is 50.9 Å². The zero-order valence-electron chi connectivity index (χ0n) is 14.8. The second kappa shape index (κ2) is 8.94. The monoisotopic (exact) mass is 344 g/mol. The molecule has 0 saturated carbocycles. The SMILES string of the molecule is O=C(NCCN1CCCC1)C1CCC(=O)N(CCc2ccccn2)C1. The van der Waals surface area contributed by atoms with Crippen molar-refractivity contribution in [2.75, 3.05) is 39.3 Å². The van der Waals surface area contributed by atoms with Gasteiger partial charge in [0.1, 0.15) is 0 Å². The molecule has 1 N–H and O–H groups in total. The predicted octanol–water partition coefficient (Wildman–Crippen LogP) is 1.07. The molecule has 2 amide bonds. The highest BCUT2D eigenvalue weighted by Gasteiger charge is 2.29. The Kier molecular flexibility index (Phi) is 6.39. The van der Waals surface area contributed by atoms with Gasteiger partial charge < -0.3 is 15.1 Å². The molecule has 1 aromatic rings. The Morgan fingerprint density at radius 1 is 1.24 bits per heavy atom. The van der Waals surface area contributed by atoms with Crippen molar-refractivity contribution >= 4 is 11.8 Å². The highest BCUT2D eigenvalue weighted by molar-refractivity contribution is 5.83. The summed E-state index contributed by atoms with van der Waals surface area (Å²) in [6.45, 7) is 5.09. The normalized spacial score (nSPS) is 21.5. The first-order chi connectivity index (χ1) is 12.2. The van der Waals surface area contributed by atoms with E-state index >= 15 is 0 Å². The maximum absolute atomic E-state index is 12.4. The van der Waals surface area contributed by atoms with E-state index in [4.69, 9.17) is 0 Å². The number of rotatable bonds is 7. The Morgan fingerprint density at radius 2 is 2.08 bits per heavy atom. The van der Waals surface area contributed by atoms with Gasteiger partial charge in [-0.25, -0.2) is 0 Å². The average Bonchev–Trinajstić information content (AvgIpc) is 3.15. The summed E-state index contributed by atoms with van der Waals surface area (Å²) < 4.78 is 0. The molecule has 136 valence electrons. The first kappa shape index (κ1) is 17.9. The molecule has 3 heterocycles. The predicted molar refractivity (Wildman–Crippen MR) is 95.9 cm³/mol. The van der Waals surface area contributed by atoms with Gasteiger partial charge in [-0.2, -0.15) is 0 Å². The summed E-state index contributed by atoms with van der Waals surface area (Å²) in [4.78, 5) is 33.1. The van der Waals surface area contributed by atoms with Crippen molar-refractivity contribution in [3.8, 4) is 0 Å². The molecule has 1 atom stereocenters. The molecule has 2 aliphatic rings. The number of hydrogen-bond donors (Lipinski definition) is 1. The van der Waals surface area contributed by atoms with Crippen LogP contribution in [0.3, 0.4) is 0 Å². The van der Waals surface area contributed by atoms with Gasteiger partial charge in [0.15, 0.2) is 0 Å². The van der Waals surface area contributed by atoms with Crippen molar-refractivity contribution < 1.29 is 9.59 Å². The van der Waals surface area contributed by atoms with E-state index in [9.17, 15) is 9.59 Å². The minimum atomic E-state index is -0.0833. The Morgan fingerprint density at radius 3 is 2.84 bits per heavy atom. The summed E-state index contributed by atoms with van der Waals surface area (Å²) in [5.41, 5.74) is 0.979. The number of carbonyl (C=O) groups is 2. The van der Waals surface area contributed by atoms with Crippen LogP contribution in [0.4, 0.5) is 0 Å². The number of piperidine rings is 1. The largest absolute Gasteiger partial charge is 0.355 e. The van der Waals surface area contributed by atoms with Gasteiger partial charge in [0.2, 0.25) is 11.8 Å². The summed E-state index contributed by atoms with van der Waals surface area (Å²) in [6, 6.07) is 5.81. The lowest BCUT2D eigenvalue weighted by atomic mass is 9.96. The van der Waals surface area contributed by atoms with Gasteiger partial charge in [-0.05, 0) is 44.5 Å². The van der Waals surface area contributed by atoms with Crippen molar-refractivity contribution in [3.05, 3.63) is 30.1 Å². The van der Waals surface area contributed by atoms with E-state index in [-0.39, 0.29) is 17.7 Å². The fourth-order valence-electron chi connectivity index (χ4n) is 3.63. The molecule has 0 aromatic carbocycles. The average molecular weight is 344 g/mol. The zero-order valence-corrected chi connectivity index (χ0v) is 14.8. The molecule has 3 rings (SSSR count). The van der Waals surface area contributed by atoms with E-state index in [0.717, 1.165) is 31.7 Å². The van der Waals surface area contributed by atoms with Gasteiger partial charge in [0.05, 0.1) is 5.92 Å². The van der Waals surface area contributed by atoms with Crippen molar-refractivity contribution in [2.45, 2.75) is 32.1 Å². The summed E-state index contributed by atoms with van der Waals surface area (Å²) >= 11 is 0. The van der Waals surface area contributed by atoms with Gasteiger partial charge in [0.25, 0.3) is 0 Å². The van der Waals surface area contributed by atoms with Crippen LogP contribution in [0, 0.1) is 5.92 Å². The molecule has 1 unspecified atom stereocenters. The van der Waals surface area contributed by atoms with E-state index in [0.29, 0.717) is 32.5 Å². The van der Waals surface area contributed by atoms with E-state index in [1.54, 1.807) is 6.20 Å². The number of pyridine rings is 1. The molecule has 1 aromatic heterocycles. The van der Waals surface area contributed by atoms with Gasteiger partial charge in [-0.3, -0.25) is 14.6 Å². The van der Waals surface area contributed by atoms with Crippen LogP contribution in [-0.4, -0.2) is 65.9 Å². The Bertz CT molecular complexity index is 572. The molecule has 6 heteroatoms. The summed E-state index contributed by atoms with van der Waals surface area (Å²) in [7, 11) is 0. The lowest BCUT2D eigenvalue weighted by Crippen LogP contribution is -2.47. The third kappa shape index (κ3) is 5.26. The topological polar surface area (TPSA) is 65.5 Å². The second-order valence-corrected chi connectivity index (χ2v) is 6.99. The number of hydrogen-bond acceptors (Lipinski definition) is 4. The highest BCUT2D eigenvalue weighted by Crippen LogP contribution is 2.18. The lowest BCUT2D eigenvalue weighted by Gasteiger charge is -2.32. The quantitative estimate of drug-likeness (QED) is 0.804. The molecule has 2 fully saturated rings. The Labute approximate surface area is 149 Å². The number of nitrogens with one attached hydrogen (secondary N) is 1. The van der Waals surface area contributed by atoms with Crippen LogP contribution in [0.5, 0.6) is 0 Å². The molecule has 0 aliphatic carbocycles. The summed E-state index contributed by atoms with van der Waals surface area (Å²) in [5.74, 6) is 0.159. The molecular formula is C19H28N4O2. The third-order valence-corrected chi connectivity index (χ3v) is 5.16. The van der Waals surface area contributed by atoms with Crippen LogP contribution < -0.4 is 5.32 Å². The van der Waals surface area contributed by atoms with Crippen molar-refractivity contribution in [1.82, 2.24) is 20.1 Å². The maximum atomic E-state index is 12.4. The zero-order chi connectivity index (χ0) is 17.5. The number of amides is 2. The maximum Gasteiger partial charge on any atom is 0.224 e. The Hall–Kier alpha value is -1.95. The number of aromatic nitrogens is 1. The van der Waals surface area contributed by atoms with E-state index < -0.39 is 0 Å². The van der Waals surface area contributed by atoms with Gasteiger partial charge in [-0.15, -0.1) is 0 Å². The van der Waals surface area contributed by atoms with E-state index in [2.05, 4.69) is 15.2 Å². The minimum Gasteiger partial charge on any atom is -0.355 e. The van der Waals surface area contributed by atoms with Gasteiger partial charge in [-0.1, -0.05) is 6.07 Å². The summed E-state index contributed by atoms with van der Waals surface area (Å²) in [5, 5.41) is 3.06. The van der Waals surface area contributed by atoms with Crippen LogP contribution in [0.1, 0.15) is 31.4 Å². The van der Waals surface area contributed by atoms with Crippen molar-refractivity contribution in [3.63, 3.8) is 0 Å². The van der Waals surface area contributed by atoms with Crippen LogP contribution in [0.15, 0.2) is 24.4 Å². The van der Waals surface area contributed by atoms with E-state index in [1.807, 2.05) is 23.1 Å². The highest BCUT2D eigenvalue weighted by atomic mass is 16.2. The van der Waals surface area contributed by atoms with Crippen molar-refractivity contribution in [1.29, 1.82) is 0 Å². The number of likely N-dealkylation sites (tertiary alicyclic amines) is 2. The van der Waals surface area contributed by atoms with Crippen LogP contribution in [-0.2, 0) is 16.0 Å². The molecule has 2 aliphatic heterocycles. The first-order valence-electron chi connectivity index (χ1n) is 9.40. The summed E-state index contributed by atoms with van der Waals surface area (Å²) in [6.07, 6.45) is 6.16. The van der Waals surface area contributed by atoms with Crippen LogP contribution in [0.2, 0.25) is 0 Å². The molecule has 6 nitrogen and oxygen atoms in total. The van der Waals surface area contributed by atoms with Crippen LogP contribution in [0.25, 0.3) is 0 Å². The van der Waals surface area contributed by atoms with E-state index in [1.165, 1.54) is 12.8 Å². The molecule has 2 saturated heterocycles. The smallest absolute Gasteiger partial charge is 0.224 e. The molecule has 0 spiro atoms. The fraction of sp³-hybridized carbons (Fsp3) is 0.632. The number of nitrogens with zero attached hydrogens (tertiary/aromatic N) is 3. The molecule has 0 radical (unpaired) electrons. The molecular weight excluding hydrogens is 316 g/mol. The Balaban J connectivity index is 1.42.